The number of azide groups is 1. The van der Waals surface area contributed by atoms with Crippen LogP contribution in [0.1, 0.15) is 30.1 Å². The number of likely N-dealkylation sites (tertiary alicyclic amines) is 1. The van der Waals surface area contributed by atoms with Crippen molar-refractivity contribution in [1.82, 2.24) is 10.2 Å². The lowest BCUT2D eigenvalue weighted by Crippen LogP contribution is -2.40. The molecule has 0 spiro atoms. The molecular weight excluding hydrogens is 254 g/mol. The number of benzene rings is 1. The second kappa shape index (κ2) is 6.93. The van der Waals surface area contributed by atoms with Crippen LogP contribution in [-0.4, -0.2) is 36.5 Å². The summed E-state index contributed by atoms with van der Waals surface area (Å²) >= 11 is 0. The standard InChI is InChI=1S/C14H19N5O/c1-2-19-9-3-4-13(19)10-16-14(20)11-5-7-12(8-6-11)17-18-15/h5-8,13H,2-4,9-10H2,1H3,(H,16,20)/t13-/m1/s1. The lowest BCUT2D eigenvalue weighted by molar-refractivity contribution is 0.0941. The Morgan fingerprint density at radius 3 is 2.90 bits per heavy atom. The molecule has 0 aliphatic carbocycles. The predicted molar refractivity (Wildman–Crippen MR) is 77.9 cm³/mol. The van der Waals surface area contributed by atoms with Crippen LogP contribution in [0.5, 0.6) is 0 Å². The minimum Gasteiger partial charge on any atom is -0.350 e. The van der Waals surface area contributed by atoms with Crippen LogP contribution >= 0.6 is 0 Å². The van der Waals surface area contributed by atoms with Crippen molar-refractivity contribution in [3.05, 3.63) is 40.3 Å². The summed E-state index contributed by atoms with van der Waals surface area (Å²) in [7, 11) is 0. The summed E-state index contributed by atoms with van der Waals surface area (Å²) < 4.78 is 0. The fourth-order valence-corrected chi connectivity index (χ4v) is 2.59. The largest absolute Gasteiger partial charge is 0.350 e. The first-order valence-corrected chi connectivity index (χ1v) is 6.92. The highest BCUT2D eigenvalue weighted by molar-refractivity contribution is 5.94. The number of nitrogens with one attached hydrogen (secondary N) is 1. The van der Waals surface area contributed by atoms with Gasteiger partial charge in [0.2, 0.25) is 0 Å². The maximum Gasteiger partial charge on any atom is 0.251 e. The van der Waals surface area contributed by atoms with E-state index in [0.29, 0.717) is 23.8 Å². The van der Waals surface area contributed by atoms with E-state index in [2.05, 4.69) is 27.2 Å². The van der Waals surface area contributed by atoms with E-state index in [4.69, 9.17) is 5.53 Å². The Kier molecular flexibility index (Phi) is 4.98. The van der Waals surface area contributed by atoms with Crippen LogP contribution in [-0.2, 0) is 0 Å². The van der Waals surface area contributed by atoms with Gasteiger partial charge < -0.3 is 5.32 Å². The average molecular weight is 273 g/mol. The van der Waals surface area contributed by atoms with Gasteiger partial charge >= 0.3 is 0 Å². The summed E-state index contributed by atoms with van der Waals surface area (Å²) in [4.78, 5) is 17.1. The maximum absolute atomic E-state index is 12.0. The summed E-state index contributed by atoms with van der Waals surface area (Å²) in [5, 5.41) is 6.45. The molecule has 1 fully saturated rings. The van der Waals surface area contributed by atoms with Gasteiger partial charge in [-0.2, -0.15) is 0 Å². The summed E-state index contributed by atoms with van der Waals surface area (Å²) in [6.45, 7) is 4.98. The average Bonchev–Trinajstić information content (AvgIpc) is 2.93. The Bertz CT molecular complexity index is 507. The monoisotopic (exact) mass is 273 g/mol. The number of rotatable bonds is 5. The van der Waals surface area contributed by atoms with Gasteiger partial charge in [-0.25, -0.2) is 0 Å². The van der Waals surface area contributed by atoms with E-state index < -0.39 is 0 Å². The van der Waals surface area contributed by atoms with E-state index >= 15 is 0 Å². The highest BCUT2D eigenvalue weighted by Gasteiger charge is 2.23. The lowest BCUT2D eigenvalue weighted by atomic mass is 10.1. The zero-order valence-corrected chi connectivity index (χ0v) is 11.6. The molecule has 1 saturated heterocycles. The van der Waals surface area contributed by atoms with Crippen LogP contribution in [0, 0.1) is 0 Å². The highest BCUT2D eigenvalue weighted by atomic mass is 16.1. The molecular formula is C14H19N5O. The van der Waals surface area contributed by atoms with Crippen LogP contribution in [0.25, 0.3) is 10.4 Å². The molecule has 1 aliphatic rings. The van der Waals surface area contributed by atoms with Crippen molar-refractivity contribution < 1.29 is 4.79 Å². The molecule has 106 valence electrons. The van der Waals surface area contributed by atoms with E-state index in [9.17, 15) is 4.79 Å². The Hall–Kier alpha value is -2.04. The smallest absolute Gasteiger partial charge is 0.251 e. The maximum atomic E-state index is 12.0. The minimum absolute atomic E-state index is 0.0829. The van der Waals surface area contributed by atoms with Crippen LogP contribution in [0.4, 0.5) is 5.69 Å². The summed E-state index contributed by atoms with van der Waals surface area (Å²) in [6, 6.07) is 7.08. The molecule has 1 aromatic carbocycles. The Morgan fingerprint density at radius 2 is 2.25 bits per heavy atom. The van der Waals surface area contributed by atoms with Crippen molar-refractivity contribution in [3.63, 3.8) is 0 Å². The molecule has 0 aromatic heterocycles. The van der Waals surface area contributed by atoms with Crippen LogP contribution in [0.3, 0.4) is 0 Å². The number of hydrogen-bond acceptors (Lipinski definition) is 3. The first kappa shape index (κ1) is 14.4. The Morgan fingerprint density at radius 1 is 1.50 bits per heavy atom. The number of hydrogen-bond donors (Lipinski definition) is 1. The third-order valence-electron chi connectivity index (χ3n) is 3.69. The molecule has 1 atom stereocenters. The van der Waals surface area contributed by atoms with Crippen molar-refractivity contribution >= 4 is 11.6 Å². The Labute approximate surface area is 118 Å². The van der Waals surface area contributed by atoms with Gasteiger partial charge in [0.05, 0.1) is 0 Å². The second-order valence-corrected chi connectivity index (χ2v) is 4.87. The van der Waals surface area contributed by atoms with Crippen molar-refractivity contribution in [2.24, 2.45) is 5.11 Å². The van der Waals surface area contributed by atoms with Crippen molar-refractivity contribution in [2.75, 3.05) is 19.6 Å². The summed E-state index contributed by atoms with van der Waals surface area (Å²) in [5.41, 5.74) is 9.42. The van der Waals surface area contributed by atoms with Gasteiger partial charge in [-0.3, -0.25) is 9.69 Å². The van der Waals surface area contributed by atoms with Crippen LogP contribution in [0.2, 0.25) is 0 Å². The lowest BCUT2D eigenvalue weighted by Gasteiger charge is -2.22. The normalized spacial score (nSPS) is 18.6. The molecule has 1 N–H and O–H groups in total. The fourth-order valence-electron chi connectivity index (χ4n) is 2.59. The van der Waals surface area contributed by atoms with Gasteiger partial charge in [0.25, 0.3) is 5.91 Å². The number of carbonyl (C=O) groups excluding carboxylic acids is 1. The SMILES string of the molecule is CCN1CCC[C@@H]1CNC(=O)c1ccc(N=[N+]=[N-])cc1. The van der Waals surface area contributed by atoms with Gasteiger partial charge in [0.15, 0.2) is 0 Å². The third kappa shape index (κ3) is 3.50. The van der Waals surface area contributed by atoms with Crippen molar-refractivity contribution in [3.8, 4) is 0 Å². The number of carbonyl (C=O) groups is 1. The molecule has 0 bridgehead atoms. The van der Waals surface area contributed by atoms with Crippen LogP contribution < -0.4 is 5.32 Å². The zero-order valence-electron chi connectivity index (χ0n) is 11.6. The topological polar surface area (TPSA) is 81.1 Å². The molecule has 20 heavy (non-hydrogen) atoms. The van der Waals surface area contributed by atoms with E-state index in [-0.39, 0.29) is 5.91 Å². The van der Waals surface area contributed by atoms with Crippen molar-refractivity contribution in [1.29, 1.82) is 0 Å². The van der Waals surface area contributed by atoms with E-state index in [0.717, 1.165) is 19.5 Å². The van der Waals surface area contributed by atoms with Crippen molar-refractivity contribution in [2.45, 2.75) is 25.8 Å². The zero-order chi connectivity index (χ0) is 14.4. The van der Waals surface area contributed by atoms with E-state index in [1.807, 2.05) is 0 Å². The quantitative estimate of drug-likeness (QED) is 0.508. The van der Waals surface area contributed by atoms with E-state index in [1.165, 1.54) is 6.42 Å². The van der Waals surface area contributed by atoms with Gasteiger partial charge in [-0.05, 0) is 43.6 Å². The second-order valence-electron chi connectivity index (χ2n) is 4.87. The summed E-state index contributed by atoms with van der Waals surface area (Å²) in [5.74, 6) is -0.0829. The van der Waals surface area contributed by atoms with Gasteiger partial charge in [-0.15, -0.1) is 0 Å². The number of nitrogens with zero attached hydrogens (tertiary/aromatic N) is 4. The molecule has 6 heteroatoms. The minimum atomic E-state index is -0.0829. The highest BCUT2D eigenvalue weighted by Crippen LogP contribution is 2.16. The summed E-state index contributed by atoms with van der Waals surface area (Å²) in [6.07, 6.45) is 2.35. The fraction of sp³-hybridized carbons (Fsp3) is 0.500. The van der Waals surface area contributed by atoms with Gasteiger partial charge in [0.1, 0.15) is 0 Å². The molecule has 1 aromatic rings. The van der Waals surface area contributed by atoms with Gasteiger partial charge in [-0.1, -0.05) is 24.2 Å². The molecule has 1 aliphatic heterocycles. The molecule has 1 heterocycles. The van der Waals surface area contributed by atoms with Gasteiger partial charge in [0, 0.05) is 28.7 Å². The first-order chi connectivity index (χ1) is 9.74. The molecule has 0 saturated carbocycles. The predicted octanol–water partition coefficient (Wildman–Crippen LogP) is 2.84. The third-order valence-corrected chi connectivity index (χ3v) is 3.69. The molecule has 1 amide bonds. The van der Waals surface area contributed by atoms with E-state index in [1.54, 1.807) is 24.3 Å². The molecule has 6 nitrogen and oxygen atoms in total. The Balaban J connectivity index is 1.89. The molecule has 0 radical (unpaired) electrons. The number of likely N-dealkylation sites (N-methyl/N-ethyl adjacent to an activating group) is 1. The first-order valence-electron chi connectivity index (χ1n) is 6.92. The molecule has 2 rings (SSSR count). The van der Waals surface area contributed by atoms with Crippen LogP contribution in [0.15, 0.2) is 29.4 Å². The number of amides is 1. The molecule has 0 unspecified atom stereocenters.